The summed E-state index contributed by atoms with van der Waals surface area (Å²) in [5.41, 5.74) is 0. The number of amides is 1. The average Bonchev–Trinajstić information content (AvgIpc) is 2.83. The number of nitrogens with zero attached hydrogens (tertiary/aromatic N) is 1. The normalized spacial score (nSPS) is 21.1. The largest absolute Gasteiger partial charge is 0.321 e. The Labute approximate surface area is 100 Å². The van der Waals surface area contributed by atoms with Crippen molar-refractivity contribution in [1.82, 2.24) is 10.2 Å². The van der Waals surface area contributed by atoms with Crippen LogP contribution in [0.4, 0.5) is 0 Å². The molecule has 4 heteroatoms. The first-order valence-electron chi connectivity index (χ1n) is 5.74. The first-order chi connectivity index (χ1) is 7.68. The first-order valence-corrected chi connectivity index (χ1v) is 6.62. The van der Waals surface area contributed by atoms with Gasteiger partial charge < -0.3 is 4.90 Å². The van der Waals surface area contributed by atoms with Crippen LogP contribution in [-0.2, 0) is 4.79 Å². The minimum atomic E-state index is 0.103. The van der Waals surface area contributed by atoms with Gasteiger partial charge in [0.1, 0.15) is 6.17 Å². The van der Waals surface area contributed by atoms with Gasteiger partial charge >= 0.3 is 0 Å². The highest BCUT2D eigenvalue weighted by Crippen LogP contribution is 2.26. The van der Waals surface area contributed by atoms with Gasteiger partial charge in [-0.1, -0.05) is 19.9 Å². The topological polar surface area (TPSA) is 32.3 Å². The molecular weight excluding hydrogens is 220 g/mol. The molecule has 1 aliphatic rings. The van der Waals surface area contributed by atoms with Crippen LogP contribution < -0.4 is 5.32 Å². The summed E-state index contributed by atoms with van der Waals surface area (Å²) in [6.45, 7) is 5.70. The molecular formula is C12H18N2OS. The highest BCUT2D eigenvalue weighted by atomic mass is 32.1. The van der Waals surface area contributed by atoms with Gasteiger partial charge in [0.2, 0.25) is 5.91 Å². The van der Waals surface area contributed by atoms with E-state index in [1.807, 2.05) is 11.0 Å². The average molecular weight is 238 g/mol. The van der Waals surface area contributed by atoms with E-state index in [0.717, 1.165) is 13.0 Å². The molecule has 0 radical (unpaired) electrons. The maximum Gasteiger partial charge on any atom is 0.238 e. The number of hydrogen-bond donors (Lipinski definition) is 1. The minimum absolute atomic E-state index is 0.103. The van der Waals surface area contributed by atoms with E-state index >= 15 is 0 Å². The summed E-state index contributed by atoms with van der Waals surface area (Å²) < 4.78 is 0. The van der Waals surface area contributed by atoms with Crippen LogP contribution in [0, 0.1) is 5.92 Å². The van der Waals surface area contributed by atoms with Crippen molar-refractivity contribution in [1.29, 1.82) is 0 Å². The van der Waals surface area contributed by atoms with Crippen LogP contribution in [0.1, 0.15) is 31.3 Å². The fourth-order valence-electron chi connectivity index (χ4n) is 1.89. The van der Waals surface area contributed by atoms with Gasteiger partial charge in [0.15, 0.2) is 0 Å². The number of carbonyl (C=O) groups excluding carboxylic acids is 1. The lowest BCUT2D eigenvalue weighted by atomic mass is 10.1. The third-order valence-corrected chi connectivity index (χ3v) is 3.76. The molecule has 1 aromatic rings. The number of hydrogen-bond acceptors (Lipinski definition) is 3. The van der Waals surface area contributed by atoms with Crippen molar-refractivity contribution in [2.45, 2.75) is 26.4 Å². The summed E-state index contributed by atoms with van der Waals surface area (Å²) in [5.74, 6) is 0.858. The molecule has 2 heterocycles. The molecule has 88 valence electrons. The third kappa shape index (κ3) is 2.44. The molecule has 1 aliphatic heterocycles. The number of nitrogens with one attached hydrogen (secondary N) is 1. The summed E-state index contributed by atoms with van der Waals surface area (Å²) >= 11 is 1.70. The van der Waals surface area contributed by atoms with Gasteiger partial charge in [-0.25, -0.2) is 0 Å². The molecule has 1 atom stereocenters. The Morgan fingerprint density at radius 3 is 3.06 bits per heavy atom. The van der Waals surface area contributed by atoms with Crippen LogP contribution in [0.5, 0.6) is 0 Å². The summed E-state index contributed by atoms with van der Waals surface area (Å²) in [6.07, 6.45) is 1.17. The second kappa shape index (κ2) is 4.97. The Kier molecular flexibility index (Phi) is 3.61. The maximum absolute atomic E-state index is 11.8. The number of carbonyl (C=O) groups is 1. The van der Waals surface area contributed by atoms with Gasteiger partial charge in [-0.15, -0.1) is 11.3 Å². The predicted molar refractivity (Wildman–Crippen MR) is 66.2 cm³/mol. The van der Waals surface area contributed by atoms with Crippen LogP contribution >= 0.6 is 11.3 Å². The molecule has 3 nitrogen and oxygen atoms in total. The van der Waals surface area contributed by atoms with E-state index < -0.39 is 0 Å². The van der Waals surface area contributed by atoms with E-state index in [2.05, 4.69) is 30.6 Å². The van der Waals surface area contributed by atoms with E-state index in [1.165, 1.54) is 4.88 Å². The molecule has 1 saturated heterocycles. The SMILES string of the molecule is CC(C)CCN1C(=O)CNC1c1cccs1. The molecule has 0 saturated carbocycles. The summed E-state index contributed by atoms with van der Waals surface area (Å²) in [7, 11) is 0. The van der Waals surface area contributed by atoms with Gasteiger partial charge in [0.05, 0.1) is 6.54 Å². The van der Waals surface area contributed by atoms with Crippen molar-refractivity contribution in [3.05, 3.63) is 22.4 Å². The van der Waals surface area contributed by atoms with Gasteiger partial charge in [0.25, 0.3) is 0 Å². The van der Waals surface area contributed by atoms with Crippen molar-refractivity contribution in [2.24, 2.45) is 5.92 Å². The molecule has 1 N–H and O–H groups in total. The Hall–Kier alpha value is -0.870. The lowest BCUT2D eigenvalue weighted by molar-refractivity contribution is -0.128. The number of rotatable bonds is 4. The summed E-state index contributed by atoms with van der Waals surface area (Å²) in [6, 6.07) is 4.12. The molecule has 1 amide bonds. The lowest BCUT2D eigenvalue weighted by Gasteiger charge is -2.24. The smallest absolute Gasteiger partial charge is 0.238 e. The summed E-state index contributed by atoms with van der Waals surface area (Å²) in [5, 5.41) is 5.33. The molecule has 1 fully saturated rings. The Morgan fingerprint density at radius 1 is 1.62 bits per heavy atom. The Bertz CT molecular complexity index is 348. The van der Waals surface area contributed by atoms with E-state index in [0.29, 0.717) is 12.5 Å². The zero-order valence-electron chi connectivity index (χ0n) is 9.77. The van der Waals surface area contributed by atoms with Crippen molar-refractivity contribution in [3.63, 3.8) is 0 Å². The van der Waals surface area contributed by atoms with Gasteiger partial charge in [-0.3, -0.25) is 10.1 Å². The van der Waals surface area contributed by atoms with Crippen molar-refractivity contribution < 1.29 is 4.79 Å². The molecule has 16 heavy (non-hydrogen) atoms. The lowest BCUT2D eigenvalue weighted by Crippen LogP contribution is -2.31. The zero-order chi connectivity index (χ0) is 11.5. The Balaban J connectivity index is 2.04. The second-order valence-electron chi connectivity index (χ2n) is 4.57. The third-order valence-electron chi connectivity index (χ3n) is 2.84. The van der Waals surface area contributed by atoms with Gasteiger partial charge in [-0.2, -0.15) is 0 Å². The van der Waals surface area contributed by atoms with Crippen molar-refractivity contribution in [2.75, 3.05) is 13.1 Å². The van der Waals surface area contributed by atoms with Crippen LogP contribution in [-0.4, -0.2) is 23.9 Å². The van der Waals surface area contributed by atoms with Crippen LogP contribution in [0.15, 0.2) is 17.5 Å². The number of thiophene rings is 1. The molecule has 1 unspecified atom stereocenters. The highest BCUT2D eigenvalue weighted by Gasteiger charge is 2.31. The molecule has 0 aliphatic carbocycles. The monoisotopic (exact) mass is 238 g/mol. The van der Waals surface area contributed by atoms with Crippen LogP contribution in [0.25, 0.3) is 0 Å². The van der Waals surface area contributed by atoms with Gasteiger partial charge in [0, 0.05) is 11.4 Å². The van der Waals surface area contributed by atoms with E-state index in [4.69, 9.17) is 0 Å². The minimum Gasteiger partial charge on any atom is -0.321 e. The maximum atomic E-state index is 11.8. The van der Waals surface area contributed by atoms with Crippen molar-refractivity contribution in [3.8, 4) is 0 Å². The van der Waals surface area contributed by atoms with E-state index in [-0.39, 0.29) is 12.1 Å². The van der Waals surface area contributed by atoms with Crippen molar-refractivity contribution >= 4 is 17.2 Å². The standard InChI is InChI=1S/C12H18N2OS/c1-9(2)5-6-14-11(15)8-13-12(14)10-4-3-7-16-10/h3-4,7,9,12-13H,5-6,8H2,1-2H3. The second-order valence-corrected chi connectivity index (χ2v) is 5.55. The van der Waals surface area contributed by atoms with Crippen LogP contribution in [0.3, 0.4) is 0 Å². The molecule has 0 spiro atoms. The first kappa shape index (κ1) is 11.6. The zero-order valence-corrected chi connectivity index (χ0v) is 10.6. The molecule has 0 aromatic carbocycles. The van der Waals surface area contributed by atoms with E-state index in [9.17, 15) is 4.79 Å². The van der Waals surface area contributed by atoms with E-state index in [1.54, 1.807) is 11.3 Å². The van der Waals surface area contributed by atoms with Gasteiger partial charge in [-0.05, 0) is 23.8 Å². The molecule has 1 aromatic heterocycles. The van der Waals surface area contributed by atoms with Crippen LogP contribution in [0.2, 0.25) is 0 Å². The predicted octanol–water partition coefficient (Wildman–Crippen LogP) is 2.22. The fourth-order valence-corrected chi connectivity index (χ4v) is 2.70. The fraction of sp³-hybridized carbons (Fsp3) is 0.583. The summed E-state index contributed by atoms with van der Waals surface area (Å²) in [4.78, 5) is 15.0. The quantitative estimate of drug-likeness (QED) is 0.872. The Morgan fingerprint density at radius 2 is 2.44 bits per heavy atom. The highest BCUT2D eigenvalue weighted by molar-refractivity contribution is 7.10. The molecule has 0 bridgehead atoms. The molecule has 2 rings (SSSR count).